The smallest absolute Gasteiger partial charge is 0.281 e. The van der Waals surface area contributed by atoms with E-state index in [1.165, 1.54) is 30.3 Å². The number of ether oxygens (including phenoxy) is 1. The lowest BCUT2D eigenvalue weighted by molar-refractivity contribution is 0.0981. The molecule has 190 valence electrons. The van der Waals surface area contributed by atoms with Crippen LogP contribution in [0.2, 0.25) is 0 Å². The molecule has 1 amide bonds. The molecule has 1 fully saturated rings. The summed E-state index contributed by atoms with van der Waals surface area (Å²) >= 11 is 0. The number of hydrogen-bond donors (Lipinski definition) is 1. The number of amides is 1. The van der Waals surface area contributed by atoms with Crippen LogP contribution in [0, 0.1) is 11.7 Å². The van der Waals surface area contributed by atoms with Crippen LogP contribution in [-0.2, 0) is 16.4 Å². The summed E-state index contributed by atoms with van der Waals surface area (Å²) in [6, 6.07) is 13.6. The number of rotatable bonds is 8. The Labute approximate surface area is 210 Å². The van der Waals surface area contributed by atoms with Crippen LogP contribution in [0.5, 0.6) is 5.88 Å². The Bertz CT molecular complexity index is 1360. The molecular formula is C26H29FN4O4S. The van der Waals surface area contributed by atoms with Gasteiger partial charge < -0.3 is 9.64 Å². The highest BCUT2D eigenvalue weighted by Crippen LogP contribution is 2.38. The normalized spacial score (nSPS) is 17.1. The topological polar surface area (TPSA) is 101 Å². The summed E-state index contributed by atoms with van der Waals surface area (Å²) in [4.78, 5) is 23.6. The van der Waals surface area contributed by atoms with E-state index in [0.29, 0.717) is 18.2 Å². The number of anilines is 1. The molecule has 0 saturated carbocycles. The maximum absolute atomic E-state index is 13.3. The molecule has 1 atom stereocenters. The number of aromatic nitrogens is 2. The number of benzene rings is 1. The zero-order valence-corrected chi connectivity index (χ0v) is 21.3. The molecule has 36 heavy (non-hydrogen) atoms. The number of sulfonamides is 1. The van der Waals surface area contributed by atoms with Crippen molar-refractivity contribution in [1.82, 2.24) is 14.7 Å². The lowest BCUT2D eigenvalue weighted by Gasteiger charge is -2.36. The summed E-state index contributed by atoms with van der Waals surface area (Å²) in [6.07, 6.45) is 2.95. The highest BCUT2D eigenvalue weighted by atomic mass is 32.2. The number of halogens is 1. The van der Waals surface area contributed by atoms with Crippen molar-refractivity contribution in [3.8, 4) is 5.88 Å². The first kappa shape index (κ1) is 25.6. The van der Waals surface area contributed by atoms with Crippen LogP contribution >= 0.6 is 0 Å². The van der Waals surface area contributed by atoms with E-state index < -0.39 is 15.9 Å². The maximum Gasteiger partial charge on any atom is 0.281 e. The average molecular weight is 513 g/mol. The molecule has 1 saturated heterocycles. The predicted octanol–water partition coefficient (Wildman–Crippen LogP) is 3.98. The Morgan fingerprint density at radius 3 is 2.69 bits per heavy atom. The van der Waals surface area contributed by atoms with Gasteiger partial charge in [-0.3, -0.25) is 4.79 Å². The zero-order valence-electron chi connectivity index (χ0n) is 20.4. The number of pyridine rings is 2. The van der Waals surface area contributed by atoms with Crippen LogP contribution in [0.25, 0.3) is 0 Å². The predicted molar refractivity (Wildman–Crippen MR) is 134 cm³/mol. The van der Waals surface area contributed by atoms with Gasteiger partial charge in [0.25, 0.3) is 15.9 Å². The lowest BCUT2D eigenvalue weighted by Crippen LogP contribution is -2.43. The summed E-state index contributed by atoms with van der Waals surface area (Å²) in [7, 11) is -4.28. The van der Waals surface area contributed by atoms with Gasteiger partial charge in [0.1, 0.15) is 11.6 Å². The quantitative estimate of drug-likeness (QED) is 0.487. The summed E-state index contributed by atoms with van der Waals surface area (Å²) in [5, 5.41) is -0.348. The molecule has 1 N–H and O–H groups in total. The minimum Gasteiger partial charge on any atom is -0.477 e. The summed E-state index contributed by atoms with van der Waals surface area (Å²) < 4.78 is 47.0. The van der Waals surface area contributed by atoms with Crippen molar-refractivity contribution in [2.24, 2.45) is 5.92 Å². The van der Waals surface area contributed by atoms with Crippen molar-refractivity contribution < 1.29 is 22.3 Å². The van der Waals surface area contributed by atoms with Gasteiger partial charge in [-0.1, -0.05) is 25.1 Å². The SMILES string of the molecule is CC1CCN(c2ncccc2C(=O)NS(=O)(=O)c2cccc(OCCc3cccc(F)c3)n2)C1(C)C. The van der Waals surface area contributed by atoms with Gasteiger partial charge in [0.15, 0.2) is 5.03 Å². The fraction of sp³-hybridized carbons (Fsp3) is 0.346. The number of hydrogen-bond acceptors (Lipinski definition) is 7. The van der Waals surface area contributed by atoms with Crippen molar-refractivity contribution in [3.63, 3.8) is 0 Å². The number of carbonyl (C=O) groups is 1. The first-order valence-electron chi connectivity index (χ1n) is 11.7. The number of carbonyl (C=O) groups excluding carboxylic acids is 1. The van der Waals surface area contributed by atoms with E-state index >= 15 is 0 Å². The third-order valence-corrected chi connectivity index (χ3v) is 7.94. The highest BCUT2D eigenvalue weighted by Gasteiger charge is 2.40. The van der Waals surface area contributed by atoms with Crippen molar-refractivity contribution in [2.45, 2.75) is 44.2 Å². The molecule has 4 rings (SSSR count). The van der Waals surface area contributed by atoms with Crippen molar-refractivity contribution >= 4 is 21.7 Å². The molecular weight excluding hydrogens is 483 g/mol. The molecule has 1 aliphatic heterocycles. The van der Waals surface area contributed by atoms with Gasteiger partial charge in [0.2, 0.25) is 5.88 Å². The van der Waals surface area contributed by atoms with Crippen LogP contribution in [0.1, 0.15) is 43.1 Å². The van der Waals surface area contributed by atoms with Gasteiger partial charge in [0, 0.05) is 30.8 Å². The van der Waals surface area contributed by atoms with Crippen LogP contribution in [-0.4, -0.2) is 43.0 Å². The second-order valence-corrected chi connectivity index (χ2v) is 11.0. The number of nitrogens with one attached hydrogen (secondary N) is 1. The van der Waals surface area contributed by atoms with E-state index in [0.717, 1.165) is 18.5 Å². The molecule has 2 aromatic heterocycles. The first-order valence-corrected chi connectivity index (χ1v) is 13.2. The Morgan fingerprint density at radius 2 is 1.97 bits per heavy atom. The maximum atomic E-state index is 13.3. The van der Waals surface area contributed by atoms with Crippen molar-refractivity contribution in [3.05, 3.63) is 77.7 Å². The third-order valence-electron chi connectivity index (χ3n) is 6.70. The molecule has 8 nitrogen and oxygen atoms in total. The summed E-state index contributed by atoms with van der Waals surface area (Å²) in [6.45, 7) is 7.21. The molecule has 0 bridgehead atoms. The fourth-order valence-corrected chi connectivity index (χ4v) is 5.15. The van der Waals surface area contributed by atoms with Crippen molar-refractivity contribution in [1.29, 1.82) is 0 Å². The van der Waals surface area contributed by atoms with Gasteiger partial charge in [-0.05, 0) is 62.1 Å². The third kappa shape index (κ3) is 5.48. The Morgan fingerprint density at radius 1 is 1.19 bits per heavy atom. The minimum atomic E-state index is -4.28. The summed E-state index contributed by atoms with van der Waals surface area (Å²) in [5.41, 5.74) is 0.681. The Hall–Kier alpha value is -3.53. The standard InChI is InChI=1S/C26H29FN4O4S/c1-18-12-15-31(26(18,2)3)24-21(9-6-14-28-24)25(32)30-36(33,34)23-11-5-10-22(29-23)35-16-13-19-7-4-8-20(27)17-19/h4-11,14,17-18H,12-13,15-16H2,1-3H3,(H,30,32). The molecule has 0 spiro atoms. The first-order chi connectivity index (χ1) is 17.1. The van der Waals surface area contributed by atoms with E-state index in [-0.39, 0.29) is 34.4 Å². The molecule has 0 radical (unpaired) electrons. The Kier molecular flexibility index (Phi) is 7.26. The van der Waals surface area contributed by atoms with E-state index in [9.17, 15) is 17.6 Å². The van der Waals surface area contributed by atoms with E-state index in [4.69, 9.17) is 4.74 Å². The van der Waals surface area contributed by atoms with Crippen LogP contribution in [0.15, 0.2) is 65.8 Å². The minimum absolute atomic E-state index is 0.0802. The van der Waals surface area contributed by atoms with Crippen LogP contribution in [0.4, 0.5) is 10.2 Å². The van der Waals surface area contributed by atoms with E-state index in [1.54, 1.807) is 30.5 Å². The average Bonchev–Trinajstić information content (AvgIpc) is 3.11. The highest BCUT2D eigenvalue weighted by molar-refractivity contribution is 7.90. The van der Waals surface area contributed by atoms with E-state index in [2.05, 4.69) is 35.5 Å². The number of nitrogens with zero attached hydrogens (tertiary/aromatic N) is 3. The molecule has 10 heteroatoms. The van der Waals surface area contributed by atoms with E-state index in [1.807, 2.05) is 4.90 Å². The monoisotopic (exact) mass is 512 g/mol. The molecule has 1 aliphatic rings. The molecule has 0 aliphatic carbocycles. The van der Waals surface area contributed by atoms with Gasteiger partial charge in [-0.15, -0.1) is 0 Å². The molecule has 3 aromatic rings. The largest absolute Gasteiger partial charge is 0.477 e. The van der Waals surface area contributed by atoms with Gasteiger partial charge in [0.05, 0.1) is 12.2 Å². The summed E-state index contributed by atoms with van der Waals surface area (Å²) in [5.74, 6) is -0.216. The second-order valence-electron chi connectivity index (χ2n) is 9.35. The van der Waals surface area contributed by atoms with Gasteiger partial charge in [-0.25, -0.2) is 14.1 Å². The molecule has 1 aromatic carbocycles. The van der Waals surface area contributed by atoms with Crippen LogP contribution in [0.3, 0.4) is 0 Å². The Balaban J connectivity index is 1.47. The zero-order chi connectivity index (χ0) is 25.9. The fourth-order valence-electron chi connectivity index (χ4n) is 4.22. The van der Waals surface area contributed by atoms with Crippen molar-refractivity contribution in [2.75, 3.05) is 18.1 Å². The van der Waals surface area contributed by atoms with Gasteiger partial charge >= 0.3 is 0 Å². The second kappa shape index (κ2) is 10.2. The van der Waals surface area contributed by atoms with Crippen LogP contribution < -0.4 is 14.4 Å². The van der Waals surface area contributed by atoms with Gasteiger partial charge in [-0.2, -0.15) is 13.4 Å². The molecule has 1 unspecified atom stereocenters. The lowest BCUT2D eigenvalue weighted by atomic mass is 9.90. The molecule has 3 heterocycles.